The molecule has 1 aromatic heterocycles. The van der Waals surface area contributed by atoms with Crippen molar-refractivity contribution in [2.45, 2.75) is 25.5 Å². The van der Waals surface area contributed by atoms with Crippen molar-refractivity contribution in [3.8, 4) is 0 Å². The highest BCUT2D eigenvalue weighted by atomic mass is 19.1. The second-order valence-corrected chi connectivity index (χ2v) is 4.58. The first kappa shape index (κ1) is 14.3. The summed E-state index contributed by atoms with van der Waals surface area (Å²) < 4.78 is 18.2. The molecule has 20 heavy (non-hydrogen) atoms. The van der Waals surface area contributed by atoms with Gasteiger partial charge < -0.3 is 14.8 Å². The lowest BCUT2D eigenvalue weighted by Crippen LogP contribution is -2.27. The maximum absolute atomic E-state index is 13.0. The van der Waals surface area contributed by atoms with Gasteiger partial charge in [0.2, 0.25) is 5.91 Å². The molecule has 2 N–H and O–H groups in total. The van der Waals surface area contributed by atoms with E-state index in [9.17, 15) is 14.3 Å². The van der Waals surface area contributed by atoms with Crippen LogP contribution in [0.4, 0.5) is 4.39 Å². The zero-order valence-electron chi connectivity index (χ0n) is 11.0. The summed E-state index contributed by atoms with van der Waals surface area (Å²) in [6.45, 7) is 1.78. The molecule has 2 aromatic rings. The average molecular weight is 277 g/mol. The van der Waals surface area contributed by atoms with Crippen LogP contribution in [0.25, 0.3) is 0 Å². The maximum Gasteiger partial charge on any atom is 0.223 e. The zero-order chi connectivity index (χ0) is 14.5. The molecule has 1 heterocycles. The maximum atomic E-state index is 13.0. The number of hydrogen-bond acceptors (Lipinski definition) is 3. The first-order valence-electron chi connectivity index (χ1n) is 6.32. The molecule has 4 nitrogen and oxygen atoms in total. The molecule has 0 aliphatic rings. The molecular formula is C15H16FNO3. The first-order chi connectivity index (χ1) is 9.56. The van der Waals surface area contributed by atoms with Crippen molar-refractivity contribution in [1.29, 1.82) is 0 Å². The van der Waals surface area contributed by atoms with Gasteiger partial charge in [0.25, 0.3) is 0 Å². The summed E-state index contributed by atoms with van der Waals surface area (Å²) in [5.41, 5.74) is 0.380. The topological polar surface area (TPSA) is 62.5 Å². The van der Waals surface area contributed by atoms with E-state index < -0.39 is 11.9 Å². The normalized spacial score (nSPS) is 13.8. The number of aliphatic hydroxyl groups excluding tert-OH is 1. The first-order valence-corrected chi connectivity index (χ1v) is 6.32. The molecule has 0 saturated carbocycles. The highest BCUT2D eigenvalue weighted by molar-refractivity contribution is 5.77. The van der Waals surface area contributed by atoms with Crippen LogP contribution < -0.4 is 5.32 Å². The Morgan fingerprint density at radius 1 is 1.40 bits per heavy atom. The molecular weight excluding hydrogens is 261 g/mol. The number of benzene rings is 1. The Labute approximate surface area is 116 Å². The lowest BCUT2D eigenvalue weighted by molar-refractivity contribution is -0.123. The largest absolute Gasteiger partial charge is 0.467 e. The molecule has 0 bridgehead atoms. The monoisotopic (exact) mass is 277 g/mol. The molecule has 1 aromatic carbocycles. The molecule has 0 fully saturated rings. The van der Waals surface area contributed by atoms with Crippen LogP contribution in [0.3, 0.4) is 0 Å². The Hall–Kier alpha value is -2.14. The number of halogens is 1. The van der Waals surface area contributed by atoms with E-state index in [1.807, 2.05) is 0 Å². The summed E-state index contributed by atoms with van der Waals surface area (Å²) in [5.74, 6) is -0.129. The van der Waals surface area contributed by atoms with Crippen molar-refractivity contribution >= 4 is 5.91 Å². The molecule has 2 rings (SSSR count). The lowest BCUT2D eigenvalue weighted by atomic mass is 10.1. The molecule has 0 aliphatic carbocycles. The number of rotatable bonds is 5. The van der Waals surface area contributed by atoms with E-state index in [-0.39, 0.29) is 18.4 Å². The number of nitrogens with one attached hydrogen (secondary N) is 1. The van der Waals surface area contributed by atoms with Gasteiger partial charge in [0.05, 0.1) is 24.8 Å². The fraction of sp³-hybridized carbons (Fsp3) is 0.267. The fourth-order valence-electron chi connectivity index (χ4n) is 1.92. The van der Waals surface area contributed by atoms with Gasteiger partial charge in [-0.3, -0.25) is 4.79 Å². The van der Waals surface area contributed by atoms with Crippen molar-refractivity contribution in [2.75, 3.05) is 0 Å². The van der Waals surface area contributed by atoms with Gasteiger partial charge in [-0.2, -0.15) is 0 Å². The Morgan fingerprint density at radius 3 is 2.85 bits per heavy atom. The van der Waals surface area contributed by atoms with Gasteiger partial charge >= 0.3 is 0 Å². The van der Waals surface area contributed by atoms with Crippen molar-refractivity contribution in [2.24, 2.45) is 0 Å². The molecule has 0 aliphatic heterocycles. The van der Waals surface area contributed by atoms with E-state index in [1.165, 1.54) is 24.5 Å². The SMILES string of the molecule is CC(NC(=O)CC(O)c1cccc(F)c1)c1ccco1. The standard InChI is InChI=1S/C15H16FNO3/c1-10(14-6-3-7-20-14)17-15(19)9-13(18)11-4-2-5-12(16)8-11/h2-8,10,13,18H,9H2,1H3,(H,17,19). The molecule has 5 heteroatoms. The van der Waals surface area contributed by atoms with E-state index in [0.29, 0.717) is 11.3 Å². The van der Waals surface area contributed by atoms with Crippen LogP contribution in [-0.4, -0.2) is 11.0 Å². The minimum atomic E-state index is -1.03. The van der Waals surface area contributed by atoms with Crippen LogP contribution in [-0.2, 0) is 4.79 Å². The third-order valence-corrected chi connectivity index (χ3v) is 2.96. The van der Waals surface area contributed by atoms with E-state index in [4.69, 9.17) is 4.42 Å². The number of furan rings is 1. The van der Waals surface area contributed by atoms with Gasteiger partial charge in [0.15, 0.2) is 0 Å². The summed E-state index contributed by atoms with van der Waals surface area (Å²) in [5, 5.41) is 12.6. The minimum absolute atomic E-state index is 0.130. The van der Waals surface area contributed by atoms with Crippen LogP contribution in [0.15, 0.2) is 47.1 Å². The van der Waals surface area contributed by atoms with Crippen molar-refractivity contribution in [3.05, 3.63) is 59.8 Å². The highest BCUT2D eigenvalue weighted by Crippen LogP contribution is 2.18. The predicted molar refractivity (Wildman–Crippen MR) is 71.2 cm³/mol. The van der Waals surface area contributed by atoms with Crippen LogP contribution in [0.5, 0.6) is 0 Å². The highest BCUT2D eigenvalue weighted by Gasteiger charge is 2.16. The number of hydrogen-bond donors (Lipinski definition) is 2. The summed E-state index contributed by atoms with van der Waals surface area (Å²) in [6.07, 6.45) is 0.364. The second-order valence-electron chi connectivity index (χ2n) is 4.58. The molecule has 0 radical (unpaired) electrons. The van der Waals surface area contributed by atoms with Crippen LogP contribution >= 0.6 is 0 Å². The van der Waals surface area contributed by atoms with Crippen molar-refractivity contribution in [3.63, 3.8) is 0 Å². The van der Waals surface area contributed by atoms with Gasteiger partial charge in [-0.1, -0.05) is 12.1 Å². The van der Waals surface area contributed by atoms with Gasteiger partial charge in [-0.15, -0.1) is 0 Å². The number of carbonyl (C=O) groups excluding carboxylic acids is 1. The molecule has 1 amide bonds. The quantitative estimate of drug-likeness (QED) is 0.883. The van der Waals surface area contributed by atoms with Gasteiger partial charge in [-0.05, 0) is 36.8 Å². The van der Waals surface area contributed by atoms with Crippen molar-refractivity contribution in [1.82, 2.24) is 5.32 Å². The summed E-state index contributed by atoms with van der Waals surface area (Å²) in [4.78, 5) is 11.8. The van der Waals surface area contributed by atoms with Crippen LogP contribution in [0.2, 0.25) is 0 Å². The second kappa shape index (κ2) is 6.34. The molecule has 2 atom stereocenters. The smallest absolute Gasteiger partial charge is 0.223 e. The van der Waals surface area contributed by atoms with E-state index in [0.717, 1.165) is 0 Å². The third kappa shape index (κ3) is 3.68. The molecule has 0 saturated heterocycles. The third-order valence-electron chi connectivity index (χ3n) is 2.96. The molecule has 0 spiro atoms. The Bertz CT molecular complexity index is 568. The number of carbonyl (C=O) groups is 1. The van der Waals surface area contributed by atoms with E-state index >= 15 is 0 Å². The Kier molecular flexibility index (Phi) is 4.53. The minimum Gasteiger partial charge on any atom is -0.467 e. The van der Waals surface area contributed by atoms with E-state index in [1.54, 1.807) is 25.1 Å². The lowest BCUT2D eigenvalue weighted by Gasteiger charge is -2.14. The van der Waals surface area contributed by atoms with Crippen molar-refractivity contribution < 1.29 is 18.7 Å². The van der Waals surface area contributed by atoms with E-state index in [2.05, 4.69) is 5.32 Å². The van der Waals surface area contributed by atoms with Gasteiger partial charge in [0, 0.05) is 0 Å². The zero-order valence-corrected chi connectivity index (χ0v) is 11.0. The summed E-state index contributed by atoms with van der Waals surface area (Å²) >= 11 is 0. The fourth-order valence-corrected chi connectivity index (χ4v) is 1.92. The van der Waals surface area contributed by atoms with Gasteiger partial charge in [0.1, 0.15) is 11.6 Å². The summed E-state index contributed by atoms with van der Waals surface area (Å²) in [7, 11) is 0. The average Bonchev–Trinajstić information content (AvgIpc) is 2.92. The van der Waals surface area contributed by atoms with Crippen LogP contribution in [0, 0.1) is 5.82 Å². The van der Waals surface area contributed by atoms with Gasteiger partial charge in [-0.25, -0.2) is 4.39 Å². The molecule has 106 valence electrons. The Balaban J connectivity index is 1.91. The predicted octanol–water partition coefficient (Wildman–Crippen LogP) is 2.72. The molecule has 2 unspecified atom stereocenters. The summed E-state index contributed by atoms with van der Waals surface area (Å²) in [6, 6.07) is 8.79. The van der Waals surface area contributed by atoms with Crippen LogP contribution in [0.1, 0.15) is 36.8 Å². The number of amides is 1. The Morgan fingerprint density at radius 2 is 2.20 bits per heavy atom. The number of aliphatic hydroxyl groups is 1.